The third-order valence-corrected chi connectivity index (χ3v) is 3.36. The second-order valence-electron chi connectivity index (χ2n) is 4.50. The van der Waals surface area contributed by atoms with E-state index in [1.54, 1.807) is 0 Å². The second kappa shape index (κ2) is 5.33. The van der Waals surface area contributed by atoms with Crippen molar-refractivity contribution in [3.8, 4) is 0 Å². The van der Waals surface area contributed by atoms with Gasteiger partial charge in [-0.15, -0.1) is 0 Å². The molecule has 1 heterocycles. The zero-order chi connectivity index (χ0) is 10.5. The molecule has 0 unspecified atom stereocenters. The monoisotopic (exact) mass is 208 g/mol. The molecule has 0 atom stereocenters. The van der Waals surface area contributed by atoms with Gasteiger partial charge in [0.05, 0.1) is 0 Å². The van der Waals surface area contributed by atoms with Crippen molar-refractivity contribution < 1.29 is 5.11 Å². The molecule has 0 amide bonds. The van der Waals surface area contributed by atoms with Gasteiger partial charge in [0.2, 0.25) is 0 Å². The normalized spacial score (nSPS) is 26.7. The van der Waals surface area contributed by atoms with Gasteiger partial charge in [-0.25, -0.2) is 0 Å². The Bertz CT molecular complexity index is 263. The molecular formula is C12H20N2O. The zero-order valence-corrected chi connectivity index (χ0v) is 9.08. The lowest BCUT2D eigenvalue weighted by molar-refractivity contribution is 0.175. The summed E-state index contributed by atoms with van der Waals surface area (Å²) in [6.07, 6.45) is 8.74. The van der Waals surface area contributed by atoms with Gasteiger partial charge in [0, 0.05) is 31.6 Å². The molecule has 3 N–H and O–H groups in total. The third kappa shape index (κ3) is 3.08. The molecule has 15 heavy (non-hydrogen) atoms. The van der Waals surface area contributed by atoms with Crippen molar-refractivity contribution in [1.82, 2.24) is 10.3 Å². The predicted molar refractivity (Wildman–Crippen MR) is 60.5 cm³/mol. The number of H-pyrrole nitrogens is 1. The lowest BCUT2D eigenvalue weighted by atomic mass is 9.86. The molecule has 84 valence electrons. The van der Waals surface area contributed by atoms with Crippen molar-refractivity contribution in [2.45, 2.75) is 38.3 Å². The lowest BCUT2D eigenvalue weighted by Crippen LogP contribution is -2.33. The largest absolute Gasteiger partial charge is 0.396 e. The van der Waals surface area contributed by atoms with Crippen LogP contribution in [0.2, 0.25) is 0 Å². The fourth-order valence-corrected chi connectivity index (χ4v) is 2.28. The van der Waals surface area contributed by atoms with E-state index >= 15 is 0 Å². The minimum absolute atomic E-state index is 0.366. The molecule has 1 aliphatic carbocycles. The second-order valence-corrected chi connectivity index (χ2v) is 4.50. The van der Waals surface area contributed by atoms with E-state index in [2.05, 4.69) is 16.4 Å². The van der Waals surface area contributed by atoms with Gasteiger partial charge in [-0.05, 0) is 43.2 Å². The van der Waals surface area contributed by atoms with Crippen LogP contribution >= 0.6 is 0 Å². The standard InChI is InChI=1S/C12H20N2O/c15-9-10-1-3-12(4-2-10)14-8-11-5-6-13-7-11/h5-7,10,12-15H,1-4,8-9H2. The van der Waals surface area contributed by atoms with Crippen LogP contribution in [0.4, 0.5) is 0 Å². The van der Waals surface area contributed by atoms with Crippen LogP contribution in [0.3, 0.4) is 0 Å². The van der Waals surface area contributed by atoms with Gasteiger partial charge in [0.25, 0.3) is 0 Å². The van der Waals surface area contributed by atoms with E-state index in [1.165, 1.54) is 31.2 Å². The molecule has 0 radical (unpaired) electrons. The van der Waals surface area contributed by atoms with E-state index in [0.29, 0.717) is 18.6 Å². The van der Waals surface area contributed by atoms with Gasteiger partial charge in [-0.3, -0.25) is 0 Å². The molecule has 0 bridgehead atoms. The molecular weight excluding hydrogens is 188 g/mol. The Kier molecular flexibility index (Phi) is 3.80. The Morgan fingerprint density at radius 1 is 1.33 bits per heavy atom. The molecule has 0 spiro atoms. The fourth-order valence-electron chi connectivity index (χ4n) is 2.28. The van der Waals surface area contributed by atoms with Crippen LogP contribution in [0.5, 0.6) is 0 Å². The highest BCUT2D eigenvalue weighted by molar-refractivity contribution is 5.07. The molecule has 1 saturated carbocycles. The number of aliphatic hydroxyl groups excluding tert-OH is 1. The maximum absolute atomic E-state index is 9.03. The SMILES string of the molecule is OCC1CCC(NCc2cc[nH]c2)CC1. The van der Waals surface area contributed by atoms with Gasteiger partial charge < -0.3 is 15.4 Å². The molecule has 2 rings (SSSR count). The average Bonchev–Trinajstić information content (AvgIpc) is 2.80. The van der Waals surface area contributed by atoms with Crippen molar-refractivity contribution >= 4 is 0 Å². The zero-order valence-electron chi connectivity index (χ0n) is 9.08. The summed E-state index contributed by atoms with van der Waals surface area (Å²) in [5.41, 5.74) is 1.32. The Hall–Kier alpha value is -0.800. The number of aromatic amines is 1. The van der Waals surface area contributed by atoms with E-state index in [1.807, 2.05) is 12.4 Å². The topological polar surface area (TPSA) is 48.0 Å². The van der Waals surface area contributed by atoms with Crippen molar-refractivity contribution in [3.05, 3.63) is 24.0 Å². The fraction of sp³-hybridized carbons (Fsp3) is 0.667. The van der Waals surface area contributed by atoms with Gasteiger partial charge in [-0.1, -0.05) is 0 Å². The molecule has 1 aromatic heterocycles. The van der Waals surface area contributed by atoms with Crippen LogP contribution in [0.15, 0.2) is 18.5 Å². The minimum atomic E-state index is 0.366. The Labute approximate surface area is 90.9 Å². The molecule has 1 aromatic rings. The highest BCUT2D eigenvalue weighted by Crippen LogP contribution is 2.23. The number of aromatic nitrogens is 1. The van der Waals surface area contributed by atoms with Crippen LogP contribution in [-0.4, -0.2) is 22.7 Å². The maximum atomic E-state index is 9.03. The Morgan fingerprint density at radius 3 is 2.73 bits per heavy atom. The van der Waals surface area contributed by atoms with Crippen molar-refractivity contribution in [2.24, 2.45) is 5.92 Å². The van der Waals surface area contributed by atoms with E-state index < -0.39 is 0 Å². The van der Waals surface area contributed by atoms with Crippen molar-refractivity contribution in [3.63, 3.8) is 0 Å². The quantitative estimate of drug-likeness (QED) is 0.704. The first-order valence-electron chi connectivity index (χ1n) is 5.84. The summed E-state index contributed by atoms with van der Waals surface area (Å²) >= 11 is 0. The van der Waals surface area contributed by atoms with Crippen LogP contribution in [0, 0.1) is 5.92 Å². The number of hydrogen-bond acceptors (Lipinski definition) is 2. The maximum Gasteiger partial charge on any atom is 0.0459 e. The molecule has 1 aliphatic rings. The van der Waals surface area contributed by atoms with Crippen LogP contribution < -0.4 is 5.32 Å². The molecule has 0 saturated heterocycles. The molecule has 0 aromatic carbocycles. The molecule has 3 nitrogen and oxygen atoms in total. The lowest BCUT2D eigenvalue weighted by Gasteiger charge is -2.27. The summed E-state index contributed by atoms with van der Waals surface area (Å²) in [6.45, 7) is 1.32. The van der Waals surface area contributed by atoms with Crippen LogP contribution in [0.1, 0.15) is 31.2 Å². The highest BCUT2D eigenvalue weighted by Gasteiger charge is 2.19. The van der Waals surface area contributed by atoms with Crippen LogP contribution in [-0.2, 0) is 6.54 Å². The minimum Gasteiger partial charge on any atom is -0.396 e. The summed E-state index contributed by atoms with van der Waals surface area (Å²) in [7, 11) is 0. The van der Waals surface area contributed by atoms with Crippen LogP contribution in [0.25, 0.3) is 0 Å². The van der Waals surface area contributed by atoms with Gasteiger partial charge in [-0.2, -0.15) is 0 Å². The molecule has 1 fully saturated rings. The first-order valence-corrected chi connectivity index (χ1v) is 5.84. The van der Waals surface area contributed by atoms with Crippen molar-refractivity contribution in [1.29, 1.82) is 0 Å². The van der Waals surface area contributed by atoms with E-state index in [4.69, 9.17) is 5.11 Å². The van der Waals surface area contributed by atoms with E-state index in [9.17, 15) is 0 Å². The third-order valence-electron chi connectivity index (χ3n) is 3.36. The highest BCUT2D eigenvalue weighted by atomic mass is 16.3. The van der Waals surface area contributed by atoms with E-state index in [-0.39, 0.29) is 0 Å². The van der Waals surface area contributed by atoms with Gasteiger partial charge in [0.15, 0.2) is 0 Å². The van der Waals surface area contributed by atoms with Crippen molar-refractivity contribution in [2.75, 3.05) is 6.61 Å². The Morgan fingerprint density at radius 2 is 2.13 bits per heavy atom. The average molecular weight is 208 g/mol. The van der Waals surface area contributed by atoms with E-state index in [0.717, 1.165) is 6.54 Å². The molecule has 0 aliphatic heterocycles. The first-order chi connectivity index (χ1) is 7.38. The number of nitrogens with one attached hydrogen (secondary N) is 2. The summed E-state index contributed by atoms with van der Waals surface area (Å²) in [4.78, 5) is 3.06. The summed E-state index contributed by atoms with van der Waals surface area (Å²) in [5.74, 6) is 0.551. The first kappa shape index (κ1) is 10.7. The summed E-state index contributed by atoms with van der Waals surface area (Å²) in [5, 5.41) is 12.6. The summed E-state index contributed by atoms with van der Waals surface area (Å²) in [6, 6.07) is 2.74. The van der Waals surface area contributed by atoms with Gasteiger partial charge >= 0.3 is 0 Å². The molecule has 3 heteroatoms. The predicted octanol–water partition coefficient (Wildman–Crippen LogP) is 1.66. The number of hydrogen-bond donors (Lipinski definition) is 3. The Balaban J connectivity index is 1.69. The summed E-state index contributed by atoms with van der Waals surface area (Å²) < 4.78 is 0. The van der Waals surface area contributed by atoms with Gasteiger partial charge in [0.1, 0.15) is 0 Å². The smallest absolute Gasteiger partial charge is 0.0459 e. The number of rotatable bonds is 4. The number of aliphatic hydroxyl groups is 1.